The first kappa shape index (κ1) is 14.3. The lowest BCUT2D eigenvalue weighted by Crippen LogP contribution is -2.37. The quantitative estimate of drug-likeness (QED) is 0.786. The van der Waals surface area contributed by atoms with Crippen molar-refractivity contribution < 1.29 is 4.79 Å². The van der Waals surface area contributed by atoms with Crippen molar-refractivity contribution in [1.82, 2.24) is 14.9 Å². The Morgan fingerprint density at radius 2 is 1.87 bits per heavy atom. The van der Waals surface area contributed by atoms with Gasteiger partial charge in [0.2, 0.25) is 0 Å². The van der Waals surface area contributed by atoms with E-state index in [-0.39, 0.29) is 5.91 Å². The van der Waals surface area contributed by atoms with Crippen molar-refractivity contribution in [1.29, 1.82) is 0 Å². The van der Waals surface area contributed by atoms with Gasteiger partial charge >= 0.3 is 0 Å². The van der Waals surface area contributed by atoms with E-state index in [2.05, 4.69) is 9.97 Å². The Hall–Kier alpha value is -2.27. The van der Waals surface area contributed by atoms with Gasteiger partial charge < -0.3 is 9.88 Å². The average Bonchev–Trinajstić information content (AvgIpc) is 3.11. The minimum atomic E-state index is 0.137. The van der Waals surface area contributed by atoms with E-state index in [9.17, 15) is 4.79 Å². The van der Waals surface area contributed by atoms with Crippen molar-refractivity contribution in [3.05, 3.63) is 54.4 Å². The van der Waals surface area contributed by atoms with Gasteiger partial charge in [0.05, 0.1) is 0 Å². The number of benzene rings is 1. The second-order valence-electron chi connectivity index (χ2n) is 5.58. The van der Waals surface area contributed by atoms with Gasteiger partial charge in [-0.3, -0.25) is 4.79 Å². The van der Waals surface area contributed by atoms with Crippen LogP contribution in [0.25, 0.3) is 22.2 Å². The molecular weight excluding hydrogens is 306 g/mol. The number of fused-ring (bicyclic) bond motifs is 1. The predicted molar refractivity (Wildman–Crippen MR) is 94.8 cm³/mol. The summed E-state index contributed by atoms with van der Waals surface area (Å²) in [6, 6.07) is 11.9. The number of carbonyl (C=O) groups excluding carboxylic acids is 1. The highest BCUT2D eigenvalue weighted by atomic mass is 32.2. The molecule has 23 heavy (non-hydrogen) atoms. The molecule has 116 valence electrons. The average molecular weight is 323 g/mol. The summed E-state index contributed by atoms with van der Waals surface area (Å²) < 4.78 is 0. The van der Waals surface area contributed by atoms with E-state index in [1.807, 2.05) is 59.3 Å². The zero-order chi connectivity index (χ0) is 15.6. The highest BCUT2D eigenvalue weighted by Crippen LogP contribution is 2.27. The van der Waals surface area contributed by atoms with Crippen LogP contribution < -0.4 is 0 Å². The maximum absolute atomic E-state index is 12.5. The molecule has 0 radical (unpaired) electrons. The van der Waals surface area contributed by atoms with E-state index in [1.54, 1.807) is 6.20 Å². The topological polar surface area (TPSA) is 49.0 Å². The first-order chi connectivity index (χ1) is 11.3. The molecule has 1 aromatic carbocycles. The minimum absolute atomic E-state index is 0.137. The van der Waals surface area contributed by atoms with E-state index < -0.39 is 0 Å². The highest BCUT2D eigenvalue weighted by molar-refractivity contribution is 7.99. The van der Waals surface area contributed by atoms with Crippen LogP contribution in [0.15, 0.2) is 48.8 Å². The Morgan fingerprint density at radius 1 is 1.09 bits per heavy atom. The number of aromatic nitrogens is 2. The van der Waals surface area contributed by atoms with E-state index in [0.29, 0.717) is 0 Å². The van der Waals surface area contributed by atoms with Gasteiger partial charge in [0.15, 0.2) is 0 Å². The molecule has 0 aliphatic carbocycles. The number of thioether (sulfide) groups is 1. The zero-order valence-electron chi connectivity index (χ0n) is 12.7. The maximum atomic E-state index is 12.5. The Kier molecular flexibility index (Phi) is 3.79. The number of pyridine rings is 1. The number of nitrogens with one attached hydrogen (secondary N) is 1. The van der Waals surface area contributed by atoms with Crippen LogP contribution in [-0.2, 0) is 0 Å². The summed E-state index contributed by atoms with van der Waals surface area (Å²) in [5.74, 6) is 2.21. The second-order valence-corrected chi connectivity index (χ2v) is 6.81. The summed E-state index contributed by atoms with van der Waals surface area (Å²) >= 11 is 1.91. The Morgan fingerprint density at radius 3 is 2.65 bits per heavy atom. The standard InChI is InChI=1S/C18H17N3OS/c22-18(21-9-11-23-12-10-21)14-3-1-13(2-4-14)15-5-7-19-17-16(15)6-8-20-17/h1-8H,9-12H2,(H,19,20). The molecule has 1 amide bonds. The van der Waals surface area contributed by atoms with Gasteiger partial charge in [-0.05, 0) is 35.4 Å². The normalized spacial score (nSPS) is 15.0. The summed E-state index contributed by atoms with van der Waals surface area (Å²) in [4.78, 5) is 21.9. The summed E-state index contributed by atoms with van der Waals surface area (Å²) in [6.45, 7) is 1.69. The molecule has 0 bridgehead atoms. The van der Waals surface area contributed by atoms with Crippen LogP contribution in [0.2, 0.25) is 0 Å². The van der Waals surface area contributed by atoms with E-state index in [0.717, 1.165) is 52.3 Å². The minimum Gasteiger partial charge on any atom is -0.346 e. The lowest BCUT2D eigenvalue weighted by atomic mass is 10.0. The number of nitrogens with zero attached hydrogens (tertiary/aromatic N) is 2. The van der Waals surface area contributed by atoms with Crippen LogP contribution in [0.4, 0.5) is 0 Å². The van der Waals surface area contributed by atoms with E-state index >= 15 is 0 Å². The summed E-state index contributed by atoms with van der Waals surface area (Å²) in [5, 5.41) is 1.10. The third-order valence-corrected chi connectivity index (χ3v) is 5.14. The summed E-state index contributed by atoms with van der Waals surface area (Å²) in [7, 11) is 0. The molecule has 3 heterocycles. The van der Waals surface area contributed by atoms with Crippen molar-refractivity contribution in [2.24, 2.45) is 0 Å². The molecule has 1 fully saturated rings. The van der Waals surface area contributed by atoms with Gasteiger partial charge in [-0.25, -0.2) is 4.98 Å². The molecule has 1 saturated heterocycles. The number of amides is 1. The van der Waals surface area contributed by atoms with Gasteiger partial charge in [-0.2, -0.15) is 11.8 Å². The number of hydrogen-bond acceptors (Lipinski definition) is 3. The molecule has 1 aliphatic heterocycles. The molecule has 0 atom stereocenters. The molecule has 1 N–H and O–H groups in total. The van der Waals surface area contributed by atoms with Gasteiger partial charge in [-0.15, -0.1) is 0 Å². The number of aromatic amines is 1. The van der Waals surface area contributed by atoms with E-state index in [1.165, 1.54) is 0 Å². The molecule has 3 aromatic rings. The second kappa shape index (κ2) is 6.08. The maximum Gasteiger partial charge on any atom is 0.253 e. The first-order valence-corrected chi connectivity index (χ1v) is 8.88. The molecule has 0 saturated carbocycles. The number of H-pyrrole nitrogens is 1. The van der Waals surface area contributed by atoms with Crippen molar-refractivity contribution >= 4 is 28.7 Å². The van der Waals surface area contributed by atoms with Crippen LogP contribution in [0.1, 0.15) is 10.4 Å². The molecule has 5 heteroatoms. The number of rotatable bonds is 2. The third kappa shape index (κ3) is 2.72. The third-order valence-electron chi connectivity index (χ3n) is 4.20. The summed E-state index contributed by atoms with van der Waals surface area (Å²) in [5.41, 5.74) is 3.88. The van der Waals surface area contributed by atoms with Crippen molar-refractivity contribution in [3.8, 4) is 11.1 Å². The van der Waals surface area contributed by atoms with Crippen LogP contribution in [0, 0.1) is 0 Å². The Balaban J connectivity index is 1.63. The monoisotopic (exact) mass is 323 g/mol. The van der Waals surface area contributed by atoms with Crippen molar-refractivity contribution in [2.75, 3.05) is 24.6 Å². The lowest BCUT2D eigenvalue weighted by Gasteiger charge is -2.26. The summed E-state index contributed by atoms with van der Waals surface area (Å²) in [6.07, 6.45) is 3.70. The molecule has 0 spiro atoms. The molecule has 1 aliphatic rings. The SMILES string of the molecule is O=C(c1ccc(-c2ccnc3[nH]ccc23)cc1)N1CCSCC1. The van der Waals surface area contributed by atoms with Gasteiger partial charge in [0, 0.05) is 47.9 Å². The Labute approximate surface area is 138 Å². The smallest absolute Gasteiger partial charge is 0.253 e. The van der Waals surface area contributed by atoms with Gasteiger partial charge in [0.1, 0.15) is 5.65 Å². The fraction of sp³-hybridized carbons (Fsp3) is 0.222. The van der Waals surface area contributed by atoms with Crippen LogP contribution in [0.5, 0.6) is 0 Å². The predicted octanol–water partition coefficient (Wildman–Crippen LogP) is 3.42. The van der Waals surface area contributed by atoms with Crippen LogP contribution >= 0.6 is 11.8 Å². The molecule has 4 rings (SSSR count). The molecular formula is C18H17N3OS. The van der Waals surface area contributed by atoms with Crippen LogP contribution in [0.3, 0.4) is 0 Å². The largest absolute Gasteiger partial charge is 0.346 e. The fourth-order valence-corrected chi connectivity index (χ4v) is 3.86. The lowest BCUT2D eigenvalue weighted by molar-refractivity contribution is 0.0772. The number of carbonyl (C=O) groups is 1. The Bertz CT molecular complexity index is 835. The van der Waals surface area contributed by atoms with Crippen molar-refractivity contribution in [2.45, 2.75) is 0 Å². The zero-order valence-corrected chi connectivity index (χ0v) is 13.5. The van der Waals surface area contributed by atoms with Crippen LogP contribution in [-0.4, -0.2) is 45.4 Å². The van der Waals surface area contributed by atoms with Crippen molar-refractivity contribution in [3.63, 3.8) is 0 Å². The molecule has 2 aromatic heterocycles. The van der Waals surface area contributed by atoms with E-state index in [4.69, 9.17) is 0 Å². The molecule has 0 unspecified atom stereocenters. The molecule has 4 nitrogen and oxygen atoms in total. The van der Waals surface area contributed by atoms with Gasteiger partial charge in [0.25, 0.3) is 5.91 Å². The highest BCUT2D eigenvalue weighted by Gasteiger charge is 2.18. The number of hydrogen-bond donors (Lipinski definition) is 1. The van der Waals surface area contributed by atoms with Gasteiger partial charge in [-0.1, -0.05) is 12.1 Å². The fourth-order valence-electron chi connectivity index (χ4n) is 2.95. The first-order valence-electron chi connectivity index (χ1n) is 7.72.